The van der Waals surface area contributed by atoms with Gasteiger partial charge in [-0.1, -0.05) is 18.6 Å². The van der Waals surface area contributed by atoms with Crippen LogP contribution in [-0.4, -0.2) is 105 Å². The SMILES string of the molecule is C#Cc1c(F)ccc2cc(O)cc(-c3ncc4c(N5CC6CCC(C5)N6C(=O)CCCNC(=O)C=C)nc(OCC56CCCN5C[C@H](F)C6)nc4c3F)c12. The standard InChI is InChI=1S/C40H40F3N7O4/c1-3-28-31(42)11-8-23-15-27(51)16-29(34(23)28)36-35(43)37-30(18-45-36)38(47-39(46-37)54-22-40-12-6-14-49(40)19-24(41)17-40)48-20-25-9-10-26(21-48)50(25)33(53)7-5-13-44-32(52)4-2/h1,4,8,11,15-16,18,24-26,51H,2,5-7,9-10,12-14,17,19-22H2,(H,44,52)/t24-,25?,26?,40?/m1/s1. The van der Waals surface area contributed by atoms with Crippen LogP contribution in [0.3, 0.4) is 0 Å². The second kappa shape index (κ2) is 14.1. The van der Waals surface area contributed by atoms with E-state index in [-0.39, 0.29) is 76.4 Å². The van der Waals surface area contributed by atoms with Gasteiger partial charge in [-0.25, -0.2) is 13.2 Å². The molecule has 4 atom stereocenters. The van der Waals surface area contributed by atoms with Gasteiger partial charge in [0.1, 0.15) is 41.4 Å². The van der Waals surface area contributed by atoms with E-state index in [0.717, 1.165) is 32.2 Å². The summed E-state index contributed by atoms with van der Waals surface area (Å²) in [7, 11) is 0. The summed E-state index contributed by atoms with van der Waals surface area (Å²) in [5.74, 6) is 0.763. The van der Waals surface area contributed by atoms with Crippen molar-refractivity contribution in [1.29, 1.82) is 0 Å². The Balaban J connectivity index is 1.16. The van der Waals surface area contributed by atoms with Crippen LogP contribution in [0, 0.1) is 24.0 Å². The third kappa shape index (κ3) is 6.24. The molecule has 2 N–H and O–H groups in total. The third-order valence-electron chi connectivity index (χ3n) is 11.4. The van der Waals surface area contributed by atoms with Crippen LogP contribution in [0.1, 0.15) is 50.5 Å². The van der Waals surface area contributed by atoms with E-state index in [9.17, 15) is 23.5 Å². The average molecular weight is 740 g/mol. The van der Waals surface area contributed by atoms with Gasteiger partial charge in [-0.05, 0) is 68.3 Å². The van der Waals surface area contributed by atoms with Crippen LogP contribution >= 0.6 is 0 Å². The summed E-state index contributed by atoms with van der Waals surface area (Å²) in [6.07, 6.45) is 11.7. The number of hydrogen-bond acceptors (Lipinski definition) is 9. The quantitative estimate of drug-likeness (QED) is 0.131. The smallest absolute Gasteiger partial charge is 0.319 e. The molecule has 11 nitrogen and oxygen atoms in total. The van der Waals surface area contributed by atoms with Crippen LogP contribution in [0.25, 0.3) is 32.9 Å². The minimum Gasteiger partial charge on any atom is -0.508 e. The van der Waals surface area contributed by atoms with E-state index in [4.69, 9.17) is 16.1 Å². The second-order valence-electron chi connectivity index (χ2n) is 14.7. The number of fused-ring (bicyclic) bond motifs is 5. The molecule has 0 saturated carbocycles. The molecule has 2 amide bonds. The Hall–Kier alpha value is -5.42. The molecule has 6 heterocycles. The molecule has 3 unspecified atom stereocenters. The maximum Gasteiger partial charge on any atom is 0.319 e. The van der Waals surface area contributed by atoms with Gasteiger partial charge in [-0.2, -0.15) is 9.97 Å². The van der Waals surface area contributed by atoms with Crippen molar-refractivity contribution >= 4 is 39.3 Å². The van der Waals surface area contributed by atoms with Gasteiger partial charge in [-0.3, -0.25) is 19.5 Å². The zero-order valence-corrected chi connectivity index (χ0v) is 29.7. The number of hydrogen-bond donors (Lipinski definition) is 2. The summed E-state index contributed by atoms with van der Waals surface area (Å²) in [6.45, 7) is 5.89. The molecule has 4 aromatic rings. The fourth-order valence-corrected chi connectivity index (χ4v) is 9.05. The highest BCUT2D eigenvalue weighted by atomic mass is 19.1. The summed E-state index contributed by atoms with van der Waals surface area (Å²) in [5, 5.41) is 14.2. The van der Waals surface area contributed by atoms with Crippen molar-refractivity contribution in [2.24, 2.45) is 0 Å². The first-order valence-corrected chi connectivity index (χ1v) is 18.4. The van der Waals surface area contributed by atoms with Gasteiger partial charge in [0.05, 0.1) is 16.5 Å². The number of ether oxygens (including phenoxy) is 1. The first-order valence-electron chi connectivity index (χ1n) is 18.4. The van der Waals surface area contributed by atoms with Crippen LogP contribution in [0.4, 0.5) is 19.0 Å². The van der Waals surface area contributed by atoms with Crippen molar-refractivity contribution < 1.29 is 32.6 Å². The lowest BCUT2D eigenvalue weighted by Crippen LogP contribution is -2.56. The number of nitrogens with one attached hydrogen (secondary N) is 1. The van der Waals surface area contributed by atoms with Crippen LogP contribution < -0.4 is 15.0 Å². The van der Waals surface area contributed by atoms with E-state index < -0.39 is 23.3 Å². The number of phenols is 1. The topological polar surface area (TPSA) is 124 Å². The number of benzene rings is 2. The Morgan fingerprint density at radius 2 is 1.96 bits per heavy atom. The number of nitrogens with zero attached hydrogens (tertiary/aromatic N) is 6. The second-order valence-corrected chi connectivity index (χ2v) is 14.7. The van der Waals surface area contributed by atoms with E-state index in [0.29, 0.717) is 55.6 Å². The molecule has 2 bridgehead atoms. The number of piperazine rings is 1. The van der Waals surface area contributed by atoms with Crippen molar-refractivity contribution in [2.45, 2.75) is 68.7 Å². The first-order chi connectivity index (χ1) is 26.1. The summed E-state index contributed by atoms with van der Waals surface area (Å²) in [6, 6.07) is 5.04. The molecule has 8 rings (SSSR count). The van der Waals surface area contributed by atoms with Gasteiger partial charge in [0.2, 0.25) is 11.8 Å². The molecular formula is C40H40F3N7O4. The molecule has 14 heteroatoms. The molecule has 4 saturated heterocycles. The summed E-state index contributed by atoms with van der Waals surface area (Å²) in [5.41, 5.74) is -0.802. The minimum absolute atomic E-state index is 0.00754. The Morgan fingerprint density at radius 1 is 1.17 bits per heavy atom. The van der Waals surface area contributed by atoms with E-state index in [2.05, 4.69) is 32.7 Å². The van der Waals surface area contributed by atoms with Gasteiger partial charge in [-0.15, -0.1) is 6.42 Å². The number of phenolic OH excluding ortho intramolecular Hbond substituents is 1. The van der Waals surface area contributed by atoms with Gasteiger partial charge in [0.25, 0.3) is 0 Å². The molecule has 2 aromatic heterocycles. The largest absolute Gasteiger partial charge is 0.508 e. The highest BCUT2D eigenvalue weighted by Gasteiger charge is 2.49. The van der Waals surface area contributed by atoms with Crippen LogP contribution in [0.2, 0.25) is 0 Å². The number of amides is 2. The molecule has 0 spiro atoms. The number of anilines is 1. The zero-order valence-electron chi connectivity index (χ0n) is 29.7. The number of rotatable bonds is 10. The molecule has 4 fully saturated rings. The van der Waals surface area contributed by atoms with E-state index in [1.54, 1.807) is 0 Å². The van der Waals surface area contributed by atoms with Gasteiger partial charge < -0.3 is 25.0 Å². The molecule has 2 aromatic carbocycles. The Morgan fingerprint density at radius 3 is 2.72 bits per heavy atom. The number of carbonyl (C=O) groups excluding carboxylic acids is 2. The Kier molecular flexibility index (Phi) is 9.29. The van der Waals surface area contributed by atoms with Crippen molar-refractivity contribution in [2.75, 3.05) is 44.2 Å². The van der Waals surface area contributed by atoms with Crippen molar-refractivity contribution in [1.82, 2.24) is 30.1 Å². The monoisotopic (exact) mass is 739 g/mol. The van der Waals surface area contributed by atoms with Crippen molar-refractivity contribution in [3.8, 4) is 35.4 Å². The summed E-state index contributed by atoms with van der Waals surface area (Å²) in [4.78, 5) is 44.8. The Bertz CT molecular complexity index is 2220. The van der Waals surface area contributed by atoms with Crippen molar-refractivity contribution in [3.05, 3.63) is 60.3 Å². The molecule has 0 radical (unpaired) electrons. The zero-order chi connectivity index (χ0) is 37.7. The van der Waals surface area contributed by atoms with E-state index in [1.807, 2.05) is 9.80 Å². The van der Waals surface area contributed by atoms with Crippen LogP contribution in [-0.2, 0) is 9.59 Å². The fraction of sp³-hybridized carbons (Fsp3) is 0.425. The van der Waals surface area contributed by atoms with Gasteiger partial charge in [0, 0.05) is 68.3 Å². The molecule has 280 valence electrons. The van der Waals surface area contributed by atoms with Gasteiger partial charge >= 0.3 is 6.01 Å². The minimum atomic E-state index is -0.969. The number of carbonyl (C=O) groups is 2. The molecule has 0 aliphatic carbocycles. The van der Waals surface area contributed by atoms with E-state index >= 15 is 4.39 Å². The van der Waals surface area contributed by atoms with E-state index in [1.165, 1.54) is 36.5 Å². The predicted molar refractivity (Wildman–Crippen MR) is 197 cm³/mol. The number of alkyl halides is 1. The number of aromatic nitrogens is 3. The summed E-state index contributed by atoms with van der Waals surface area (Å²) >= 11 is 0. The number of terminal acetylenes is 1. The van der Waals surface area contributed by atoms with Crippen molar-refractivity contribution in [3.63, 3.8) is 0 Å². The molecule has 4 aliphatic heterocycles. The summed E-state index contributed by atoms with van der Waals surface area (Å²) < 4.78 is 52.9. The number of pyridine rings is 1. The first kappa shape index (κ1) is 35.6. The van der Waals surface area contributed by atoms with Crippen LogP contribution in [0.5, 0.6) is 11.8 Å². The lowest BCUT2D eigenvalue weighted by atomic mass is 9.95. The maximum absolute atomic E-state index is 17.0. The average Bonchev–Trinajstić information content (AvgIpc) is 3.78. The predicted octanol–water partition coefficient (Wildman–Crippen LogP) is 5.03. The third-order valence-corrected chi connectivity index (χ3v) is 11.4. The van der Waals surface area contributed by atoms with Crippen LogP contribution in [0.15, 0.2) is 43.1 Å². The van der Waals surface area contributed by atoms with Gasteiger partial charge in [0.15, 0.2) is 5.82 Å². The highest BCUT2D eigenvalue weighted by Crippen LogP contribution is 2.42. The molecule has 54 heavy (non-hydrogen) atoms. The fourth-order valence-electron chi connectivity index (χ4n) is 9.05. The molecule has 4 aliphatic rings. The number of halogens is 3. The normalized spacial score (nSPS) is 23.5. The lowest BCUT2D eigenvalue weighted by Gasteiger charge is -2.42. The number of aromatic hydroxyl groups is 1. The molecular weight excluding hydrogens is 699 g/mol. The Labute approximate surface area is 310 Å². The maximum atomic E-state index is 17.0. The lowest BCUT2D eigenvalue weighted by molar-refractivity contribution is -0.134. The highest BCUT2D eigenvalue weighted by molar-refractivity contribution is 6.03.